The normalized spacial score (nSPS) is 11.9. The van der Waals surface area contributed by atoms with Crippen LogP contribution >= 0.6 is 0 Å². The van der Waals surface area contributed by atoms with Crippen molar-refractivity contribution in [3.63, 3.8) is 0 Å². The number of rotatable bonds is 5. The summed E-state index contributed by atoms with van der Waals surface area (Å²) in [5, 5.41) is 34.7. The molecule has 0 spiro atoms. The minimum absolute atomic E-state index is 0.286. The van der Waals surface area contributed by atoms with Crippen LogP contribution in [0.3, 0.4) is 0 Å². The minimum atomic E-state index is -0.758. The molecule has 10 heteroatoms. The molecule has 1 atom stereocenters. The van der Waals surface area contributed by atoms with Gasteiger partial charge >= 0.3 is 0 Å². The largest absolute Gasteiger partial charge is 0.389 e. The molecule has 0 aliphatic heterocycles. The van der Waals surface area contributed by atoms with Crippen molar-refractivity contribution < 1.29 is 5.11 Å². The topological polar surface area (TPSA) is 130 Å². The zero-order chi connectivity index (χ0) is 22.9. The first kappa shape index (κ1) is 20.3. The van der Waals surface area contributed by atoms with Gasteiger partial charge in [-0.3, -0.25) is 4.57 Å². The summed E-state index contributed by atoms with van der Waals surface area (Å²) in [5.74, 6) is 1.08. The Kier molecular flexibility index (Phi) is 5.01. The highest BCUT2D eigenvalue weighted by molar-refractivity contribution is 5.82. The van der Waals surface area contributed by atoms with E-state index in [1.165, 1.54) is 0 Å². The standard InChI is InChI=1S/C23H19N9O/c1-14-9-18(11-24)30-32(14)23-19(15(2)33)4-6-22(29-23)31-13-25-20-10-16(3-5-21(20)31)28-17-7-8-26-27-12-17/h3-10,12-13,15,33H,1-2H3,(H,26,28). The smallest absolute Gasteiger partial charge is 0.163 e. The fraction of sp³-hybridized carbons (Fsp3) is 0.130. The molecular weight excluding hydrogens is 418 g/mol. The Morgan fingerprint density at radius 3 is 2.70 bits per heavy atom. The van der Waals surface area contributed by atoms with Crippen molar-refractivity contribution in [2.45, 2.75) is 20.0 Å². The molecule has 0 saturated carbocycles. The maximum atomic E-state index is 10.3. The van der Waals surface area contributed by atoms with Crippen LogP contribution in [0.15, 0.2) is 61.2 Å². The molecule has 1 unspecified atom stereocenters. The highest BCUT2D eigenvalue weighted by atomic mass is 16.3. The summed E-state index contributed by atoms with van der Waals surface area (Å²) >= 11 is 0. The second-order valence-corrected chi connectivity index (χ2v) is 7.53. The molecule has 162 valence electrons. The number of aromatic nitrogens is 7. The van der Waals surface area contributed by atoms with Crippen molar-refractivity contribution in [3.05, 3.63) is 78.1 Å². The van der Waals surface area contributed by atoms with Crippen LogP contribution in [0.25, 0.3) is 22.7 Å². The van der Waals surface area contributed by atoms with Crippen molar-refractivity contribution in [1.29, 1.82) is 5.26 Å². The van der Waals surface area contributed by atoms with Crippen molar-refractivity contribution >= 4 is 22.4 Å². The van der Waals surface area contributed by atoms with Gasteiger partial charge in [0.1, 0.15) is 18.2 Å². The zero-order valence-corrected chi connectivity index (χ0v) is 17.9. The Morgan fingerprint density at radius 1 is 1.09 bits per heavy atom. The first-order chi connectivity index (χ1) is 16.0. The molecule has 33 heavy (non-hydrogen) atoms. The molecule has 5 rings (SSSR count). The number of fused-ring (bicyclic) bond motifs is 1. The third-order valence-corrected chi connectivity index (χ3v) is 5.21. The maximum absolute atomic E-state index is 10.3. The molecule has 0 amide bonds. The van der Waals surface area contributed by atoms with Gasteiger partial charge in [-0.1, -0.05) is 0 Å². The first-order valence-electron chi connectivity index (χ1n) is 10.2. The summed E-state index contributed by atoms with van der Waals surface area (Å²) in [4.78, 5) is 9.31. The van der Waals surface area contributed by atoms with Crippen molar-refractivity contribution in [1.82, 2.24) is 34.5 Å². The van der Waals surface area contributed by atoms with Crippen molar-refractivity contribution in [2.75, 3.05) is 5.32 Å². The quantitative estimate of drug-likeness (QED) is 0.428. The summed E-state index contributed by atoms with van der Waals surface area (Å²) < 4.78 is 3.44. The lowest BCUT2D eigenvalue weighted by atomic mass is 10.1. The van der Waals surface area contributed by atoms with E-state index in [2.05, 4.69) is 25.6 Å². The minimum Gasteiger partial charge on any atom is -0.389 e. The maximum Gasteiger partial charge on any atom is 0.163 e. The SMILES string of the molecule is Cc1cc(C#N)nn1-c1nc(-n2cnc3cc(Nc4ccnnc4)ccc32)ccc1C(C)O. The zero-order valence-electron chi connectivity index (χ0n) is 17.9. The van der Waals surface area contributed by atoms with E-state index in [9.17, 15) is 10.4 Å². The van der Waals surface area contributed by atoms with Gasteiger partial charge in [0.05, 0.1) is 35.2 Å². The van der Waals surface area contributed by atoms with Crippen LogP contribution in [-0.2, 0) is 0 Å². The lowest BCUT2D eigenvalue weighted by molar-refractivity contribution is 0.198. The van der Waals surface area contributed by atoms with Gasteiger partial charge in [-0.25, -0.2) is 14.6 Å². The Hall–Kier alpha value is -4.62. The molecule has 4 heterocycles. The van der Waals surface area contributed by atoms with Crippen molar-refractivity contribution in [2.24, 2.45) is 0 Å². The molecule has 0 fully saturated rings. The Labute approximate surface area is 188 Å². The van der Waals surface area contributed by atoms with E-state index >= 15 is 0 Å². The summed E-state index contributed by atoms with van der Waals surface area (Å²) in [7, 11) is 0. The number of nitriles is 1. The van der Waals surface area contributed by atoms with Gasteiger partial charge in [0.2, 0.25) is 0 Å². The molecule has 10 nitrogen and oxygen atoms in total. The number of nitrogens with one attached hydrogen (secondary N) is 1. The van der Waals surface area contributed by atoms with Crippen LogP contribution in [0.5, 0.6) is 0 Å². The Balaban J connectivity index is 1.57. The van der Waals surface area contributed by atoms with Gasteiger partial charge < -0.3 is 10.4 Å². The molecule has 4 aromatic heterocycles. The van der Waals surface area contributed by atoms with Gasteiger partial charge in [-0.05, 0) is 56.3 Å². The van der Waals surface area contributed by atoms with Gasteiger partial charge in [0.25, 0.3) is 0 Å². The number of aliphatic hydroxyl groups is 1. The lowest BCUT2D eigenvalue weighted by Crippen LogP contribution is -2.10. The summed E-state index contributed by atoms with van der Waals surface area (Å²) in [6, 6.07) is 15.0. The monoisotopic (exact) mass is 437 g/mol. The molecule has 1 aromatic carbocycles. The van der Waals surface area contributed by atoms with Crippen LogP contribution in [0, 0.1) is 18.3 Å². The number of imidazole rings is 1. The summed E-state index contributed by atoms with van der Waals surface area (Å²) in [5.41, 5.74) is 4.99. The van der Waals surface area contributed by atoms with E-state index in [0.29, 0.717) is 17.2 Å². The fourth-order valence-corrected chi connectivity index (χ4v) is 3.63. The van der Waals surface area contributed by atoms with Crippen LogP contribution in [0.2, 0.25) is 0 Å². The predicted molar refractivity (Wildman–Crippen MR) is 121 cm³/mol. The van der Waals surface area contributed by atoms with E-state index in [4.69, 9.17) is 4.98 Å². The highest BCUT2D eigenvalue weighted by Crippen LogP contribution is 2.26. The predicted octanol–water partition coefficient (Wildman–Crippen LogP) is 3.37. The molecule has 0 aliphatic rings. The summed E-state index contributed by atoms with van der Waals surface area (Å²) in [6.45, 7) is 3.51. The van der Waals surface area contributed by atoms with Gasteiger partial charge in [0, 0.05) is 16.9 Å². The van der Waals surface area contributed by atoms with Gasteiger partial charge in [0.15, 0.2) is 11.5 Å². The second-order valence-electron chi connectivity index (χ2n) is 7.53. The van der Waals surface area contributed by atoms with Crippen LogP contribution in [0.4, 0.5) is 11.4 Å². The molecule has 0 bridgehead atoms. The molecular formula is C23H19N9O. The van der Waals surface area contributed by atoms with Crippen molar-refractivity contribution in [3.8, 4) is 17.7 Å². The molecule has 0 saturated heterocycles. The van der Waals surface area contributed by atoms with Crippen LogP contribution < -0.4 is 5.32 Å². The summed E-state index contributed by atoms with van der Waals surface area (Å²) in [6.07, 6.45) is 4.21. The van der Waals surface area contributed by atoms with E-state index in [-0.39, 0.29) is 5.69 Å². The lowest BCUT2D eigenvalue weighted by Gasteiger charge is -2.14. The number of nitrogens with zero attached hydrogens (tertiary/aromatic N) is 8. The second kappa shape index (κ2) is 8.14. The fourth-order valence-electron chi connectivity index (χ4n) is 3.63. The van der Waals surface area contributed by atoms with E-state index < -0.39 is 6.10 Å². The number of benzene rings is 1. The average molecular weight is 437 g/mol. The highest BCUT2D eigenvalue weighted by Gasteiger charge is 2.17. The molecule has 2 N–H and O–H groups in total. The third kappa shape index (κ3) is 3.77. The van der Waals surface area contributed by atoms with Crippen LogP contribution in [-0.4, -0.2) is 39.6 Å². The molecule has 0 aliphatic carbocycles. The van der Waals surface area contributed by atoms with E-state index in [0.717, 1.165) is 28.1 Å². The first-order valence-corrected chi connectivity index (χ1v) is 10.2. The number of aliphatic hydroxyl groups excluding tert-OH is 1. The van der Waals surface area contributed by atoms with E-state index in [1.54, 1.807) is 36.4 Å². The molecule has 5 aromatic rings. The number of anilines is 2. The Bertz CT molecular complexity index is 1500. The number of hydrogen-bond donors (Lipinski definition) is 2. The third-order valence-electron chi connectivity index (χ3n) is 5.21. The number of hydrogen-bond acceptors (Lipinski definition) is 8. The van der Waals surface area contributed by atoms with Gasteiger partial charge in [-0.15, -0.1) is 0 Å². The van der Waals surface area contributed by atoms with Gasteiger partial charge in [-0.2, -0.15) is 20.6 Å². The number of aryl methyl sites for hydroxylation is 1. The van der Waals surface area contributed by atoms with Crippen LogP contribution in [0.1, 0.15) is 30.0 Å². The van der Waals surface area contributed by atoms with E-state index in [1.807, 2.05) is 54.0 Å². The Morgan fingerprint density at radius 2 is 1.97 bits per heavy atom. The number of pyridine rings is 1. The molecule has 0 radical (unpaired) electrons. The average Bonchev–Trinajstić information content (AvgIpc) is 3.42.